The fourth-order valence-electron chi connectivity index (χ4n) is 4.20. The van der Waals surface area contributed by atoms with Crippen LogP contribution in [0, 0.1) is 0 Å². The lowest BCUT2D eigenvalue weighted by Crippen LogP contribution is -2.47. The number of carbonyl (C=O) groups excluding carboxylic acids is 1. The van der Waals surface area contributed by atoms with Crippen molar-refractivity contribution in [3.8, 4) is 0 Å². The molecule has 0 bridgehead atoms. The standard InChI is InChI=1S/C21H32N2O2/c24-20(17-21(25)12-5-2-6-13-21)22-19-10-15-23(16-11-19)14-9-18-7-3-1-4-8-18/h1,3-4,7-8,19,25H,2,5-6,9-17H2,(H,22,24). The van der Waals surface area contributed by atoms with Crippen LogP contribution in [0.15, 0.2) is 30.3 Å². The molecule has 2 fully saturated rings. The summed E-state index contributed by atoms with van der Waals surface area (Å²) in [6.45, 7) is 3.18. The van der Waals surface area contributed by atoms with Gasteiger partial charge in [-0.15, -0.1) is 0 Å². The Balaban J connectivity index is 1.35. The molecule has 1 aromatic carbocycles. The number of amides is 1. The van der Waals surface area contributed by atoms with Crippen molar-refractivity contribution in [3.63, 3.8) is 0 Å². The average molecular weight is 344 g/mol. The highest BCUT2D eigenvalue weighted by Gasteiger charge is 2.32. The third kappa shape index (κ3) is 5.82. The first-order chi connectivity index (χ1) is 12.1. The zero-order chi connectivity index (χ0) is 17.5. The Labute approximate surface area is 151 Å². The summed E-state index contributed by atoms with van der Waals surface area (Å²) in [4.78, 5) is 14.8. The van der Waals surface area contributed by atoms with E-state index in [4.69, 9.17) is 0 Å². The topological polar surface area (TPSA) is 52.6 Å². The van der Waals surface area contributed by atoms with E-state index in [0.29, 0.717) is 0 Å². The van der Waals surface area contributed by atoms with E-state index in [0.717, 1.165) is 64.6 Å². The summed E-state index contributed by atoms with van der Waals surface area (Å²) in [5, 5.41) is 13.7. The maximum atomic E-state index is 12.3. The van der Waals surface area contributed by atoms with E-state index in [-0.39, 0.29) is 18.4 Å². The quantitative estimate of drug-likeness (QED) is 0.834. The van der Waals surface area contributed by atoms with Crippen LogP contribution in [0.2, 0.25) is 0 Å². The predicted octanol–water partition coefficient (Wildman–Crippen LogP) is 2.90. The molecule has 0 spiro atoms. The van der Waals surface area contributed by atoms with E-state index >= 15 is 0 Å². The summed E-state index contributed by atoms with van der Waals surface area (Å²) in [5.74, 6) is 0.0344. The average Bonchev–Trinajstić information content (AvgIpc) is 2.62. The fourth-order valence-corrected chi connectivity index (χ4v) is 4.20. The number of carbonyl (C=O) groups is 1. The van der Waals surface area contributed by atoms with Gasteiger partial charge in [-0.25, -0.2) is 0 Å². The van der Waals surface area contributed by atoms with Crippen LogP contribution in [0.1, 0.15) is 56.9 Å². The fraction of sp³-hybridized carbons (Fsp3) is 0.667. The molecule has 0 aromatic heterocycles. The molecular weight excluding hydrogens is 312 g/mol. The van der Waals surface area contributed by atoms with Gasteiger partial charge in [0.2, 0.25) is 5.91 Å². The van der Waals surface area contributed by atoms with E-state index in [1.807, 2.05) is 0 Å². The number of aliphatic hydroxyl groups is 1. The lowest BCUT2D eigenvalue weighted by atomic mass is 9.82. The number of rotatable bonds is 6. The van der Waals surface area contributed by atoms with Crippen LogP contribution in [0.25, 0.3) is 0 Å². The maximum Gasteiger partial charge on any atom is 0.223 e. The second-order valence-corrected chi connectivity index (χ2v) is 7.88. The van der Waals surface area contributed by atoms with Gasteiger partial charge < -0.3 is 15.3 Å². The molecule has 25 heavy (non-hydrogen) atoms. The lowest BCUT2D eigenvalue weighted by Gasteiger charge is -2.34. The first-order valence-electron chi connectivity index (χ1n) is 9.91. The number of nitrogens with one attached hydrogen (secondary N) is 1. The summed E-state index contributed by atoms with van der Waals surface area (Å²) < 4.78 is 0. The molecule has 1 heterocycles. The Morgan fingerprint density at radius 3 is 2.48 bits per heavy atom. The van der Waals surface area contributed by atoms with Gasteiger partial charge in [-0.3, -0.25) is 4.79 Å². The molecule has 4 heteroatoms. The summed E-state index contributed by atoms with van der Waals surface area (Å²) in [5.41, 5.74) is 0.636. The van der Waals surface area contributed by atoms with Crippen molar-refractivity contribution in [3.05, 3.63) is 35.9 Å². The molecule has 2 N–H and O–H groups in total. The first-order valence-corrected chi connectivity index (χ1v) is 9.91. The smallest absolute Gasteiger partial charge is 0.223 e. The molecule has 3 rings (SSSR count). The Morgan fingerprint density at radius 2 is 1.80 bits per heavy atom. The first kappa shape index (κ1) is 18.4. The van der Waals surface area contributed by atoms with Crippen molar-refractivity contribution < 1.29 is 9.90 Å². The van der Waals surface area contributed by atoms with Gasteiger partial charge in [-0.1, -0.05) is 49.6 Å². The summed E-state index contributed by atoms with van der Waals surface area (Å²) in [6.07, 6.45) is 8.22. The second-order valence-electron chi connectivity index (χ2n) is 7.88. The van der Waals surface area contributed by atoms with Crippen molar-refractivity contribution >= 4 is 5.91 Å². The zero-order valence-electron chi connectivity index (χ0n) is 15.3. The number of benzene rings is 1. The van der Waals surface area contributed by atoms with E-state index in [2.05, 4.69) is 40.5 Å². The SMILES string of the molecule is O=C(CC1(O)CCCCC1)NC1CCN(CCc2ccccc2)CC1. The molecular formula is C21H32N2O2. The molecule has 4 nitrogen and oxygen atoms in total. The van der Waals surface area contributed by atoms with Crippen molar-refractivity contribution in [2.75, 3.05) is 19.6 Å². The number of likely N-dealkylation sites (tertiary alicyclic amines) is 1. The molecule has 0 radical (unpaired) electrons. The highest BCUT2D eigenvalue weighted by molar-refractivity contribution is 5.77. The molecule has 2 aliphatic rings. The van der Waals surface area contributed by atoms with Crippen LogP contribution in [-0.2, 0) is 11.2 Å². The summed E-state index contributed by atoms with van der Waals surface area (Å²) >= 11 is 0. The molecule has 1 amide bonds. The van der Waals surface area contributed by atoms with E-state index in [1.54, 1.807) is 0 Å². The molecule has 0 unspecified atom stereocenters. The van der Waals surface area contributed by atoms with Crippen molar-refractivity contribution in [1.29, 1.82) is 0 Å². The summed E-state index contributed by atoms with van der Waals surface area (Å²) in [6, 6.07) is 10.9. The van der Waals surface area contributed by atoms with Crippen LogP contribution in [0.3, 0.4) is 0 Å². The summed E-state index contributed by atoms with van der Waals surface area (Å²) in [7, 11) is 0. The highest BCUT2D eigenvalue weighted by Crippen LogP contribution is 2.30. The van der Waals surface area contributed by atoms with Gasteiger partial charge in [-0.05, 0) is 37.7 Å². The van der Waals surface area contributed by atoms with Crippen molar-refractivity contribution in [2.24, 2.45) is 0 Å². The minimum absolute atomic E-state index is 0.0344. The van der Waals surface area contributed by atoms with Gasteiger partial charge in [0.15, 0.2) is 0 Å². The Morgan fingerprint density at radius 1 is 1.12 bits per heavy atom. The number of hydrogen-bond acceptors (Lipinski definition) is 3. The third-order valence-electron chi connectivity index (χ3n) is 5.79. The Bertz CT molecular complexity index is 532. The van der Waals surface area contributed by atoms with Crippen LogP contribution in [0.5, 0.6) is 0 Å². The zero-order valence-corrected chi connectivity index (χ0v) is 15.3. The Hall–Kier alpha value is -1.39. The van der Waals surface area contributed by atoms with Crippen molar-refractivity contribution in [1.82, 2.24) is 10.2 Å². The van der Waals surface area contributed by atoms with Gasteiger partial charge in [0.05, 0.1) is 12.0 Å². The minimum Gasteiger partial charge on any atom is -0.389 e. The van der Waals surface area contributed by atoms with Crippen LogP contribution >= 0.6 is 0 Å². The van der Waals surface area contributed by atoms with E-state index in [1.165, 1.54) is 12.0 Å². The normalized spacial score (nSPS) is 21.8. The monoisotopic (exact) mass is 344 g/mol. The number of hydrogen-bond donors (Lipinski definition) is 2. The van der Waals surface area contributed by atoms with Crippen LogP contribution in [-0.4, -0.2) is 47.2 Å². The van der Waals surface area contributed by atoms with Crippen molar-refractivity contribution in [2.45, 2.75) is 69.4 Å². The maximum absolute atomic E-state index is 12.3. The molecule has 1 saturated carbocycles. The lowest BCUT2D eigenvalue weighted by molar-refractivity contribution is -0.128. The number of nitrogens with zero attached hydrogens (tertiary/aromatic N) is 1. The van der Waals surface area contributed by atoms with E-state index < -0.39 is 5.60 Å². The minimum atomic E-state index is -0.751. The van der Waals surface area contributed by atoms with E-state index in [9.17, 15) is 9.90 Å². The molecule has 1 aromatic rings. The molecule has 138 valence electrons. The van der Waals surface area contributed by atoms with Gasteiger partial charge in [-0.2, -0.15) is 0 Å². The molecule has 0 atom stereocenters. The van der Waals surface area contributed by atoms with Gasteiger partial charge in [0, 0.05) is 25.7 Å². The predicted molar refractivity (Wildman–Crippen MR) is 100 cm³/mol. The van der Waals surface area contributed by atoms with Gasteiger partial charge >= 0.3 is 0 Å². The molecule has 1 aliphatic heterocycles. The second kappa shape index (κ2) is 8.81. The highest BCUT2D eigenvalue weighted by atomic mass is 16.3. The largest absolute Gasteiger partial charge is 0.389 e. The molecule has 1 aliphatic carbocycles. The van der Waals surface area contributed by atoms with Gasteiger partial charge in [0.1, 0.15) is 0 Å². The van der Waals surface area contributed by atoms with Gasteiger partial charge in [0.25, 0.3) is 0 Å². The van der Waals surface area contributed by atoms with Crippen LogP contribution in [0.4, 0.5) is 0 Å². The van der Waals surface area contributed by atoms with Crippen LogP contribution < -0.4 is 5.32 Å². The number of piperidine rings is 1. The third-order valence-corrected chi connectivity index (χ3v) is 5.79. The molecule has 1 saturated heterocycles. The Kier molecular flexibility index (Phi) is 6.49.